The number of hydrogen-bond donors (Lipinski definition) is 3. The van der Waals surface area contributed by atoms with Crippen molar-refractivity contribution in [2.75, 3.05) is 14.2 Å². The van der Waals surface area contributed by atoms with Gasteiger partial charge in [-0.2, -0.15) is 15.4 Å². The van der Waals surface area contributed by atoms with Gasteiger partial charge in [-0.3, -0.25) is 10.0 Å². The molecule has 0 radical (unpaired) electrons. The van der Waals surface area contributed by atoms with Crippen LogP contribution in [-0.4, -0.2) is 59.1 Å². The summed E-state index contributed by atoms with van der Waals surface area (Å²) >= 11 is 0. The normalized spacial score (nSPS) is 11.5. The molecule has 2 aromatic heterocycles. The lowest BCUT2D eigenvalue weighted by atomic mass is 10.1. The second kappa shape index (κ2) is 9.25. The fourth-order valence-corrected chi connectivity index (χ4v) is 3.74. The van der Waals surface area contributed by atoms with E-state index in [0.29, 0.717) is 16.2 Å². The predicted octanol–water partition coefficient (Wildman–Crippen LogP) is 1.98. The van der Waals surface area contributed by atoms with E-state index in [9.17, 15) is 22.8 Å². The van der Waals surface area contributed by atoms with E-state index in [0.717, 1.165) is 0 Å². The molecule has 35 heavy (non-hydrogen) atoms. The number of primary sulfonamides is 1. The van der Waals surface area contributed by atoms with E-state index >= 15 is 0 Å². The smallest absolute Gasteiger partial charge is 0.251 e. The van der Waals surface area contributed by atoms with E-state index in [2.05, 4.69) is 20.4 Å². The molecule has 12 nitrogen and oxygen atoms in total. The minimum absolute atomic E-state index is 0.0296. The van der Waals surface area contributed by atoms with Crippen molar-refractivity contribution in [3.63, 3.8) is 0 Å². The molecule has 0 saturated heterocycles. The molecular formula is C21H19FN6O6S. The van der Waals surface area contributed by atoms with Crippen molar-refractivity contribution < 1.29 is 32.0 Å². The Bertz CT molecular complexity index is 1500. The molecule has 0 fully saturated rings. The quantitative estimate of drug-likeness (QED) is 0.252. The molecule has 0 saturated carbocycles. The second-order valence-corrected chi connectivity index (χ2v) is 8.89. The highest BCUT2D eigenvalue weighted by Crippen LogP contribution is 2.37. The van der Waals surface area contributed by atoms with Crippen LogP contribution >= 0.6 is 0 Å². The average molecular weight is 502 g/mol. The number of amides is 1. The number of halogens is 1. The molecular weight excluding hydrogens is 483 g/mol. The highest BCUT2D eigenvalue weighted by atomic mass is 32.2. The van der Waals surface area contributed by atoms with Gasteiger partial charge in [-0.05, 0) is 42.5 Å². The first-order chi connectivity index (χ1) is 16.6. The average Bonchev–Trinajstić information content (AvgIpc) is 3.45. The van der Waals surface area contributed by atoms with E-state index in [1.54, 1.807) is 6.07 Å². The third kappa shape index (κ3) is 4.89. The summed E-state index contributed by atoms with van der Waals surface area (Å²) in [5.74, 6) is -1.13. The zero-order valence-electron chi connectivity index (χ0n) is 18.4. The molecule has 14 heteroatoms. The van der Waals surface area contributed by atoms with Gasteiger partial charge in [0.05, 0.1) is 18.4 Å². The second-order valence-electron chi connectivity index (χ2n) is 7.33. The van der Waals surface area contributed by atoms with Gasteiger partial charge in [0.15, 0.2) is 23.0 Å². The highest BCUT2D eigenvalue weighted by Gasteiger charge is 2.25. The van der Waals surface area contributed by atoms with Gasteiger partial charge in [0, 0.05) is 18.2 Å². The number of carbonyl (C=O) groups is 1. The van der Waals surface area contributed by atoms with Crippen molar-refractivity contribution in [2.45, 2.75) is 11.3 Å². The van der Waals surface area contributed by atoms with E-state index in [1.807, 2.05) is 0 Å². The van der Waals surface area contributed by atoms with Gasteiger partial charge in [0.1, 0.15) is 11.4 Å². The van der Waals surface area contributed by atoms with Gasteiger partial charge < -0.3 is 9.15 Å². The van der Waals surface area contributed by atoms with Crippen LogP contribution in [0.5, 0.6) is 5.75 Å². The molecule has 1 amide bonds. The number of aromatic amines is 1. The Hall–Kier alpha value is -4.14. The summed E-state index contributed by atoms with van der Waals surface area (Å²) in [6.07, 6.45) is -0.300. The first-order valence-corrected chi connectivity index (χ1v) is 11.5. The lowest BCUT2D eigenvalue weighted by molar-refractivity contribution is -0.158. The standard InChI is InChI=1S/C21H19FN6O6S/c1-28(30)17(29)10-15-19(26-27-25-15)21-24-18(12-5-8-16(33-2)14(22)9-12)20(34-21)11-3-6-13(7-4-11)35(23,31)32/h3-9,30H,10H2,1-2H3,(H2,23,31,32)(H,25,26,27). The number of hydroxylamine groups is 2. The molecule has 2 aromatic carbocycles. The highest BCUT2D eigenvalue weighted by molar-refractivity contribution is 7.89. The summed E-state index contributed by atoms with van der Waals surface area (Å²) in [6, 6.07) is 9.70. The third-order valence-electron chi connectivity index (χ3n) is 5.00. The molecule has 0 aliphatic carbocycles. The van der Waals surface area contributed by atoms with E-state index < -0.39 is 21.7 Å². The van der Waals surface area contributed by atoms with Crippen molar-refractivity contribution in [2.24, 2.45) is 5.14 Å². The molecule has 0 spiro atoms. The zero-order chi connectivity index (χ0) is 25.3. The summed E-state index contributed by atoms with van der Waals surface area (Å²) in [7, 11) is -1.41. The van der Waals surface area contributed by atoms with Crippen LogP contribution in [0.15, 0.2) is 51.8 Å². The number of sulfonamides is 1. The molecule has 0 unspecified atom stereocenters. The van der Waals surface area contributed by atoms with Crippen molar-refractivity contribution >= 4 is 15.9 Å². The summed E-state index contributed by atoms with van der Waals surface area (Å²) in [4.78, 5) is 16.3. The van der Waals surface area contributed by atoms with Gasteiger partial charge in [-0.1, -0.05) is 0 Å². The van der Waals surface area contributed by atoms with Gasteiger partial charge >= 0.3 is 0 Å². The van der Waals surface area contributed by atoms with Crippen LogP contribution in [0.25, 0.3) is 34.2 Å². The maximum Gasteiger partial charge on any atom is 0.251 e. The lowest BCUT2D eigenvalue weighted by Gasteiger charge is -2.06. The van der Waals surface area contributed by atoms with E-state index in [1.165, 1.54) is 50.6 Å². The first kappa shape index (κ1) is 24.0. The largest absolute Gasteiger partial charge is 0.494 e. The minimum Gasteiger partial charge on any atom is -0.494 e. The lowest BCUT2D eigenvalue weighted by Crippen LogP contribution is -2.24. The molecule has 182 valence electrons. The number of H-pyrrole nitrogens is 1. The number of ether oxygens (including phenoxy) is 1. The van der Waals surface area contributed by atoms with Crippen LogP contribution in [0.2, 0.25) is 0 Å². The van der Waals surface area contributed by atoms with Crippen molar-refractivity contribution in [3.05, 3.63) is 54.0 Å². The number of methoxy groups -OCH3 is 1. The number of hydrogen-bond acceptors (Lipinski definition) is 9. The zero-order valence-corrected chi connectivity index (χ0v) is 19.2. The molecule has 0 aliphatic rings. The van der Waals surface area contributed by atoms with Gasteiger partial charge in [-0.15, -0.1) is 0 Å². The minimum atomic E-state index is -3.92. The molecule has 4 rings (SSSR count). The molecule has 0 bridgehead atoms. The molecule has 4 N–H and O–H groups in total. The number of likely N-dealkylation sites (N-methyl/N-ethyl adjacent to an activating group) is 1. The Morgan fingerprint density at radius 2 is 1.86 bits per heavy atom. The molecule has 0 aliphatic heterocycles. The molecule has 2 heterocycles. The van der Waals surface area contributed by atoms with E-state index in [-0.39, 0.29) is 45.8 Å². The number of rotatable bonds is 7. The van der Waals surface area contributed by atoms with Gasteiger partial charge in [0.25, 0.3) is 5.91 Å². The number of nitrogens with one attached hydrogen (secondary N) is 1. The Morgan fingerprint density at radius 1 is 1.17 bits per heavy atom. The Morgan fingerprint density at radius 3 is 2.46 bits per heavy atom. The summed E-state index contributed by atoms with van der Waals surface area (Å²) in [5.41, 5.74) is 1.21. The number of aromatic nitrogens is 4. The first-order valence-electron chi connectivity index (χ1n) is 9.92. The summed E-state index contributed by atoms with van der Waals surface area (Å²) < 4.78 is 48.6. The Kier molecular flexibility index (Phi) is 6.34. The van der Waals surface area contributed by atoms with Crippen molar-refractivity contribution in [1.29, 1.82) is 0 Å². The maximum absolute atomic E-state index is 14.5. The van der Waals surface area contributed by atoms with E-state index in [4.69, 9.17) is 14.3 Å². The van der Waals surface area contributed by atoms with Crippen molar-refractivity contribution in [1.82, 2.24) is 25.5 Å². The fourth-order valence-electron chi connectivity index (χ4n) is 3.23. The van der Waals surface area contributed by atoms with Crippen LogP contribution in [-0.2, 0) is 21.2 Å². The third-order valence-corrected chi connectivity index (χ3v) is 5.93. The summed E-state index contributed by atoms with van der Waals surface area (Å²) in [5, 5.41) is 25.3. The SMILES string of the molecule is COc1ccc(-c2nc(-c3n[nH]nc3CC(=O)N(C)O)oc2-c2ccc(S(N)(=O)=O)cc2)cc1F. The van der Waals surface area contributed by atoms with Crippen molar-refractivity contribution in [3.8, 4) is 39.9 Å². The van der Waals surface area contributed by atoms with Crippen LogP contribution in [0.1, 0.15) is 5.69 Å². The maximum atomic E-state index is 14.5. The van der Waals surface area contributed by atoms with Gasteiger partial charge in [0.2, 0.25) is 15.9 Å². The van der Waals surface area contributed by atoms with Crippen LogP contribution in [0.4, 0.5) is 4.39 Å². The topological polar surface area (TPSA) is 178 Å². The van der Waals surface area contributed by atoms with Gasteiger partial charge in [-0.25, -0.2) is 28.0 Å². The Balaban J connectivity index is 1.85. The number of carbonyl (C=O) groups excluding carboxylic acids is 1. The number of oxazole rings is 1. The van der Waals surface area contributed by atoms with Crippen LogP contribution in [0, 0.1) is 5.82 Å². The number of benzene rings is 2. The van der Waals surface area contributed by atoms with Crippen LogP contribution < -0.4 is 9.88 Å². The molecule has 0 atom stereocenters. The predicted molar refractivity (Wildman–Crippen MR) is 119 cm³/mol. The monoisotopic (exact) mass is 502 g/mol. The number of nitrogens with zero attached hydrogens (tertiary/aromatic N) is 4. The fraction of sp³-hybridized carbons (Fsp3) is 0.143. The number of nitrogens with two attached hydrogens (primary N) is 1. The summed E-state index contributed by atoms with van der Waals surface area (Å²) in [6.45, 7) is 0. The molecule has 4 aromatic rings. The van der Waals surface area contributed by atoms with Crippen LogP contribution in [0.3, 0.4) is 0 Å². The Labute approximate surface area is 198 Å².